The molecule has 0 spiro atoms. The third-order valence-electron chi connectivity index (χ3n) is 3.25. The van der Waals surface area contributed by atoms with Crippen molar-refractivity contribution in [2.75, 3.05) is 0 Å². The molecule has 0 aliphatic heterocycles. The largest absolute Gasteiger partial charge is 0.261 e. The van der Waals surface area contributed by atoms with Gasteiger partial charge in [0.2, 0.25) is 0 Å². The monoisotopic (exact) mass is 245 g/mol. The molecule has 1 aromatic carbocycles. The van der Waals surface area contributed by atoms with Crippen molar-refractivity contribution in [3.05, 3.63) is 64.4 Å². The first-order valence-corrected chi connectivity index (χ1v) is 6.08. The smallest absolute Gasteiger partial charge is 0.0413 e. The maximum Gasteiger partial charge on any atom is 0.0413 e. The molecule has 0 amide bonds. The summed E-state index contributed by atoms with van der Waals surface area (Å²) in [5.74, 6) is 0. The minimum Gasteiger partial charge on any atom is -0.261 e. The number of halogens is 1. The van der Waals surface area contributed by atoms with E-state index in [4.69, 9.17) is 11.6 Å². The van der Waals surface area contributed by atoms with Gasteiger partial charge in [0.05, 0.1) is 0 Å². The first kappa shape index (κ1) is 12.1. The lowest BCUT2D eigenvalue weighted by atomic mass is 9.77. The van der Waals surface area contributed by atoms with Crippen molar-refractivity contribution < 1.29 is 0 Å². The molecule has 0 unspecified atom stereocenters. The first-order valence-electron chi connectivity index (χ1n) is 5.70. The number of aromatic nitrogens is 1. The second-order valence-corrected chi connectivity index (χ2v) is 5.20. The quantitative estimate of drug-likeness (QED) is 0.766. The van der Waals surface area contributed by atoms with E-state index in [1.54, 1.807) is 0 Å². The van der Waals surface area contributed by atoms with Gasteiger partial charge in [-0.3, -0.25) is 4.98 Å². The summed E-state index contributed by atoms with van der Waals surface area (Å²) in [6, 6.07) is 12.1. The maximum absolute atomic E-state index is 5.93. The van der Waals surface area contributed by atoms with Crippen molar-refractivity contribution in [2.45, 2.75) is 26.2 Å². The molecule has 17 heavy (non-hydrogen) atoms. The Labute approximate surface area is 107 Å². The minimum absolute atomic E-state index is 0.0526. The molecule has 0 aliphatic rings. The standard InChI is InChI=1S/C15H16ClN/c1-11-14(5-4-10-17-11)15(2,3)12-6-8-13(16)9-7-12/h4-10H,1-3H3. The molecule has 0 fully saturated rings. The highest BCUT2D eigenvalue weighted by Gasteiger charge is 2.24. The second kappa shape index (κ2) is 4.50. The van der Waals surface area contributed by atoms with E-state index in [1.807, 2.05) is 31.3 Å². The number of aryl methyl sites for hydroxylation is 1. The van der Waals surface area contributed by atoms with E-state index >= 15 is 0 Å². The van der Waals surface area contributed by atoms with Crippen LogP contribution in [-0.4, -0.2) is 4.98 Å². The van der Waals surface area contributed by atoms with Gasteiger partial charge in [0.1, 0.15) is 0 Å². The van der Waals surface area contributed by atoms with Crippen molar-refractivity contribution in [3.8, 4) is 0 Å². The molecule has 88 valence electrons. The fourth-order valence-electron chi connectivity index (χ4n) is 2.17. The number of rotatable bonds is 2. The van der Waals surface area contributed by atoms with Crippen LogP contribution in [0.4, 0.5) is 0 Å². The third kappa shape index (κ3) is 2.34. The van der Waals surface area contributed by atoms with Crippen LogP contribution in [0.2, 0.25) is 5.02 Å². The highest BCUT2D eigenvalue weighted by Crippen LogP contribution is 2.33. The Kier molecular flexibility index (Phi) is 3.21. The summed E-state index contributed by atoms with van der Waals surface area (Å²) in [7, 11) is 0. The molecule has 1 aromatic heterocycles. The van der Waals surface area contributed by atoms with Gasteiger partial charge in [-0.05, 0) is 36.2 Å². The fourth-order valence-corrected chi connectivity index (χ4v) is 2.29. The van der Waals surface area contributed by atoms with Crippen molar-refractivity contribution in [3.63, 3.8) is 0 Å². The molecular weight excluding hydrogens is 230 g/mol. The topological polar surface area (TPSA) is 12.9 Å². The van der Waals surface area contributed by atoms with Gasteiger partial charge in [0.15, 0.2) is 0 Å². The molecule has 0 atom stereocenters. The molecule has 0 radical (unpaired) electrons. The summed E-state index contributed by atoms with van der Waals surface area (Å²) in [6.45, 7) is 6.47. The zero-order chi connectivity index (χ0) is 12.5. The van der Waals surface area contributed by atoms with Gasteiger partial charge in [0.25, 0.3) is 0 Å². The predicted octanol–water partition coefficient (Wildman–Crippen LogP) is 4.37. The number of benzene rings is 1. The number of hydrogen-bond donors (Lipinski definition) is 0. The first-order chi connectivity index (χ1) is 8.01. The van der Waals surface area contributed by atoms with Gasteiger partial charge in [-0.15, -0.1) is 0 Å². The Morgan fingerprint density at radius 2 is 1.71 bits per heavy atom. The summed E-state index contributed by atoms with van der Waals surface area (Å²) in [6.07, 6.45) is 1.83. The summed E-state index contributed by atoms with van der Waals surface area (Å²) in [4.78, 5) is 4.36. The maximum atomic E-state index is 5.93. The Hall–Kier alpha value is -1.34. The van der Waals surface area contributed by atoms with Crippen LogP contribution in [0, 0.1) is 6.92 Å². The van der Waals surface area contributed by atoms with Gasteiger partial charge in [0, 0.05) is 22.3 Å². The molecule has 2 rings (SSSR count). The van der Waals surface area contributed by atoms with Gasteiger partial charge >= 0.3 is 0 Å². The van der Waals surface area contributed by atoms with Gasteiger partial charge in [-0.2, -0.15) is 0 Å². The van der Waals surface area contributed by atoms with Crippen LogP contribution in [0.5, 0.6) is 0 Å². The minimum atomic E-state index is -0.0526. The van der Waals surface area contributed by atoms with E-state index in [-0.39, 0.29) is 5.41 Å². The lowest BCUT2D eigenvalue weighted by Gasteiger charge is -2.27. The fraction of sp³-hybridized carbons (Fsp3) is 0.267. The predicted molar refractivity (Wildman–Crippen MR) is 72.6 cm³/mol. The number of pyridine rings is 1. The van der Waals surface area contributed by atoms with E-state index in [1.165, 1.54) is 11.1 Å². The van der Waals surface area contributed by atoms with Crippen molar-refractivity contribution in [1.29, 1.82) is 0 Å². The molecule has 2 heteroatoms. The van der Waals surface area contributed by atoms with Crippen LogP contribution in [-0.2, 0) is 5.41 Å². The lowest BCUT2D eigenvalue weighted by Crippen LogP contribution is -2.20. The molecule has 0 N–H and O–H groups in total. The van der Waals surface area contributed by atoms with Crippen molar-refractivity contribution in [2.24, 2.45) is 0 Å². The molecule has 2 aromatic rings. The average molecular weight is 246 g/mol. The van der Waals surface area contributed by atoms with Crippen LogP contribution in [0.15, 0.2) is 42.6 Å². The highest BCUT2D eigenvalue weighted by atomic mass is 35.5. The Morgan fingerprint density at radius 1 is 1.06 bits per heavy atom. The number of hydrogen-bond acceptors (Lipinski definition) is 1. The Bertz CT molecular complexity index is 515. The van der Waals surface area contributed by atoms with E-state index in [9.17, 15) is 0 Å². The molecule has 1 nitrogen and oxygen atoms in total. The lowest BCUT2D eigenvalue weighted by molar-refractivity contribution is 0.631. The van der Waals surface area contributed by atoms with Gasteiger partial charge in [-0.25, -0.2) is 0 Å². The molecule has 0 bridgehead atoms. The van der Waals surface area contributed by atoms with Gasteiger partial charge in [-0.1, -0.05) is 43.6 Å². The average Bonchev–Trinajstić information content (AvgIpc) is 2.30. The van der Waals surface area contributed by atoms with Gasteiger partial charge < -0.3 is 0 Å². The van der Waals surface area contributed by atoms with E-state index in [2.05, 4.69) is 37.0 Å². The van der Waals surface area contributed by atoms with Crippen LogP contribution < -0.4 is 0 Å². The SMILES string of the molecule is Cc1ncccc1C(C)(C)c1ccc(Cl)cc1. The second-order valence-electron chi connectivity index (χ2n) is 4.77. The normalized spacial score (nSPS) is 11.5. The van der Waals surface area contributed by atoms with Crippen LogP contribution in [0.3, 0.4) is 0 Å². The third-order valence-corrected chi connectivity index (χ3v) is 3.50. The van der Waals surface area contributed by atoms with E-state index in [0.717, 1.165) is 10.7 Å². The highest BCUT2D eigenvalue weighted by molar-refractivity contribution is 6.30. The summed E-state index contributed by atoms with van der Waals surface area (Å²) in [5, 5.41) is 0.771. The summed E-state index contributed by atoms with van der Waals surface area (Å²) >= 11 is 5.93. The van der Waals surface area contributed by atoms with Crippen molar-refractivity contribution >= 4 is 11.6 Å². The molecule has 0 aliphatic carbocycles. The molecular formula is C15H16ClN. The Balaban J connectivity index is 2.49. The molecule has 0 saturated heterocycles. The van der Waals surface area contributed by atoms with Crippen LogP contribution >= 0.6 is 11.6 Å². The summed E-state index contributed by atoms with van der Waals surface area (Å²) < 4.78 is 0. The van der Waals surface area contributed by atoms with Crippen molar-refractivity contribution in [1.82, 2.24) is 4.98 Å². The van der Waals surface area contributed by atoms with Crippen LogP contribution in [0.1, 0.15) is 30.7 Å². The zero-order valence-corrected chi connectivity index (χ0v) is 11.1. The zero-order valence-electron chi connectivity index (χ0n) is 10.4. The molecule has 0 saturated carbocycles. The van der Waals surface area contributed by atoms with E-state index in [0.29, 0.717) is 0 Å². The number of nitrogens with zero attached hydrogens (tertiary/aromatic N) is 1. The molecule has 1 heterocycles. The van der Waals surface area contributed by atoms with E-state index < -0.39 is 0 Å². The summed E-state index contributed by atoms with van der Waals surface area (Å²) in [5.41, 5.74) is 3.52. The van der Waals surface area contributed by atoms with Crippen LogP contribution in [0.25, 0.3) is 0 Å². The Morgan fingerprint density at radius 3 is 2.29 bits per heavy atom.